The largest absolute Gasteiger partial charge is 0.507 e. The van der Waals surface area contributed by atoms with Crippen LogP contribution in [0, 0.1) is 0 Å². The molecular weight excluding hydrogens is 240 g/mol. The summed E-state index contributed by atoms with van der Waals surface area (Å²) in [6.45, 7) is 2.34. The lowest BCUT2D eigenvalue weighted by Crippen LogP contribution is -2.31. The van der Waals surface area contributed by atoms with Crippen molar-refractivity contribution in [3.8, 4) is 5.75 Å². The molecule has 4 nitrogen and oxygen atoms in total. The lowest BCUT2D eigenvalue weighted by atomic mass is 10.1. The maximum atomic E-state index is 12.5. The monoisotopic (exact) mass is 256 g/mol. The molecule has 3 N–H and O–H groups in total. The number of carbonyl (C=O) groups excluding carboxylic acids is 1. The second-order valence-corrected chi connectivity index (χ2v) is 4.13. The zero-order valence-corrected chi connectivity index (χ0v) is 10.7. The SMILES string of the molecule is CCN(C(=O)c1ccccc1O)c1ccccc1N. The Kier molecular flexibility index (Phi) is 3.71. The summed E-state index contributed by atoms with van der Waals surface area (Å²) in [6, 6.07) is 13.7. The summed E-state index contributed by atoms with van der Waals surface area (Å²) >= 11 is 0. The zero-order valence-electron chi connectivity index (χ0n) is 10.7. The molecule has 0 aliphatic heterocycles. The first kappa shape index (κ1) is 13.0. The number of amides is 1. The predicted molar refractivity (Wildman–Crippen MR) is 76.3 cm³/mol. The molecule has 0 atom stereocenters. The normalized spacial score (nSPS) is 10.2. The second kappa shape index (κ2) is 5.44. The van der Waals surface area contributed by atoms with E-state index in [0.29, 0.717) is 17.9 Å². The molecule has 0 aliphatic carbocycles. The van der Waals surface area contributed by atoms with Crippen molar-refractivity contribution in [1.29, 1.82) is 0 Å². The van der Waals surface area contributed by atoms with Crippen LogP contribution in [0.4, 0.5) is 11.4 Å². The Morgan fingerprint density at radius 2 is 1.79 bits per heavy atom. The lowest BCUT2D eigenvalue weighted by Gasteiger charge is -2.23. The number of phenolic OH excluding ortho intramolecular Hbond substituents is 1. The first-order chi connectivity index (χ1) is 9.15. The number of carbonyl (C=O) groups is 1. The molecule has 1 amide bonds. The van der Waals surface area contributed by atoms with E-state index in [-0.39, 0.29) is 17.2 Å². The number of nitrogens with two attached hydrogens (primary N) is 1. The van der Waals surface area contributed by atoms with E-state index in [4.69, 9.17) is 5.73 Å². The molecule has 0 aliphatic rings. The molecule has 2 aromatic carbocycles. The number of anilines is 2. The van der Waals surface area contributed by atoms with Gasteiger partial charge in [0.05, 0.1) is 16.9 Å². The van der Waals surface area contributed by atoms with Crippen molar-refractivity contribution in [3.63, 3.8) is 0 Å². The highest BCUT2D eigenvalue weighted by Gasteiger charge is 2.20. The number of nitrogen functional groups attached to an aromatic ring is 1. The Labute approximate surface area is 112 Å². The molecule has 2 aromatic rings. The summed E-state index contributed by atoms with van der Waals surface area (Å²) in [6.07, 6.45) is 0. The third-order valence-electron chi connectivity index (χ3n) is 2.92. The van der Waals surface area contributed by atoms with E-state index in [1.54, 1.807) is 35.2 Å². The third-order valence-corrected chi connectivity index (χ3v) is 2.92. The van der Waals surface area contributed by atoms with E-state index >= 15 is 0 Å². The van der Waals surface area contributed by atoms with Gasteiger partial charge in [-0.2, -0.15) is 0 Å². The minimum absolute atomic E-state index is 0.0274. The van der Waals surface area contributed by atoms with E-state index in [0.717, 1.165) is 0 Å². The Bertz CT molecular complexity index is 596. The van der Waals surface area contributed by atoms with Crippen LogP contribution in [0.2, 0.25) is 0 Å². The molecule has 98 valence electrons. The molecule has 0 radical (unpaired) electrons. The Balaban J connectivity index is 2.41. The summed E-state index contributed by atoms with van der Waals surface area (Å²) < 4.78 is 0. The van der Waals surface area contributed by atoms with Crippen molar-refractivity contribution in [2.45, 2.75) is 6.92 Å². The van der Waals surface area contributed by atoms with Crippen LogP contribution >= 0.6 is 0 Å². The summed E-state index contributed by atoms with van der Waals surface area (Å²) in [5.74, 6) is -0.293. The highest BCUT2D eigenvalue weighted by molar-refractivity contribution is 6.09. The smallest absolute Gasteiger partial charge is 0.262 e. The standard InChI is InChI=1S/C15H16N2O2/c1-2-17(13-9-5-4-8-12(13)16)15(19)11-7-3-6-10-14(11)18/h3-10,18H,2,16H2,1H3. The topological polar surface area (TPSA) is 66.6 Å². The van der Waals surface area contributed by atoms with E-state index in [1.165, 1.54) is 6.07 Å². The van der Waals surface area contributed by atoms with Gasteiger partial charge in [-0.3, -0.25) is 4.79 Å². The number of hydrogen-bond acceptors (Lipinski definition) is 3. The maximum absolute atomic E-state index is 12.5. The summed E-state index contributed by atoms with van der Waals surface area (Å²) in [5.41, 5.74) is 7.35. The van der Waals surface area contributed by atoms with Crippen LogP contribution in [-0.4, -0.2) is 17.6 Å². The van der Waals surface area contributed by atoms with Gasteiger partial charge in [-0.1, -0.05) is 24.3 Å². The fourth-order valence-electron chi connectivity index (χ4n) is 1.96. The minimum atomic E-state index is -0.265. The van der Waals surface area contributed by atoms with Crippen molar-refractivity contribution >= 4 is 17.3 Å². The van der Waals surface area contributed by atoms with Gasteiger partial charge in [0.15, 0.2) is 0 Å². The van der Waals surface area contributed by atoms with Gasteiger partial charge in [-0.15, -0.1) is 0 Å². The summed E-state index contributed by atoms with van der Waals surface area (Å²) in [4.78, 5) is 14.0. The van der Waals surface area contributed by atoms with Gasteiger partial charge in [0, 0.05) is 6.54 Å². The number of phenols is 1. The van der Waals surface area contributed by atoms with Crippen molar-refractivity contribution < 1.29 is 9.90 Å². The number of benzene rings is 2. The van der Waals surface area contributed by atoms with Gasteiger partial charge in [0.2, 0.25) is 0 Å². The van der Waals surface area contributed by atoms with Crippen LogP contribution in [0.3, 0.4) is 0 Å². The van der Waals surface area contributed by atoms with E-state index in [2.05, 4.69) is 0 Å². The van der Waals surface area contributed by atoms with E-state index < -0.39 is 0 Å². The van der Waals surface area contributed by atoms with Crippen LogP contribution < -0.4 is 10.6 Å². The van der Waals surface area contributed by atoms with Gasteiger partial charge in [0.25, 0.3) is 5.91 Å². The molecule has 0 saturated carbocycles. The minimum Gasteiger partial charge on any atom is -0.507 e. The van der Waals surface area contributed by atoms with Gasteiger partial charge in [0.1, 0.15) is 5.75 Å². The van der Waals surface area contributed by atoms with E-state index in [1.807, 2.05) is 19.1 Å². The van der Waals surface area contributed by atoms with E-state index in [9.17, 15) is 9.90 Å². The Morgan fingerprint density at radius 1 is 1.16 bits per heavy atom. The quantitative estimate of drug-likeness (QED) is 0.830. The number of nitrogens with zero attached hydrogens (tertiary/aromatic N) is 1. The van der Waals surface area contributed by atoms with Gasteiger partial charge in [-0.05, 0) is 31.2 Å². The molecule has 4 heteroatoms. The fraction of sp³-hybridized carbons (Fsp3) is 0.133. The van der Waals surface area contributed by atoms with Crippen molar-refractivity contribution in [2.75, 3.05) is 17.2 Å². The molecule has 0 spiro atoms. The first-order valence-electron chi connectivity index (χ1n) is 6.09. The predicted octanol–water partition coefficient (Wildman–Crippen LogP) is 2.64. The zero-order chi connectivity index (χ0) is 13.8. The average molecular weight is 256 g/mol. The Morgan fingerprint density at radius 3 is 2.42 bits per heavy atom. The van der Waals surface area contributed by atoms with Crippen LogP contribution in [0.25, 0.3) is 0 Å². The van der Waals surface area contributed by atoms with Gasteiger partial charge >= 0.3 is 0 Å². The van der Waals surface area contributed by atoms with Crippen LogP contribution in [0.15, 0.2) is 48.5 Å². The lowest BCUT2D eigenvalue weighted by molar-refractivity contribution is 0.0986. The Hall–Kier alpha value is -2.49. The van der Waals surface area contributed by atoms with Gasteiger partial charge < -0.3 is 15.7 Å². The van der Waals surface area contributed by atoms with Gasteiger partial charge in [-0.25, -0.2) is 0 Å². The fourth-order valence-corrected chi connectivity index (χ4v) is 1.96. The summed E-state index contributed by atoms with van der Waals surface area (Å²) in [7, 11) is 0. The highest BCUT2D eigenvalue weighted by atomic mass is 16.3. The third kappa shape index (κ3) is 2.52. The summed E-state index contributed by atoms with van der Waals surface area (Å²) in [5, 5.41) is 9.76. The van der Waals surface area contributed by atoms with Crippen molar-refractivity contribution in [3.05, 3.63) is 54.1 Å². The highest BCUT2D eigenvalue weighted by Crippen LogP contribution is 2.26. The van der Waals surface area contributed by atoms with Crippen LogP contribution in [-0.2, 0) is 0 Å². The molecule has 0 saturated heterocycles. The maximum Gasteiger partial charge on any atom is 0.262 e. The number of hydrogen-bond donors (Lipinski definition) is 2. The average Bonchev–Trinajstić information content (AvgIpc) is 2.42. The number of aromatic hydroxyl groups is 1. The molecule has 2 rings (SSSR count). The molecule has 0 heterocycles. The molecule has 0 bridgehead atoms. The van der Waals surface area contributed by atoms with Crippen molar-refractivity contribution in [2.24, 2.45) is 0 Å². The second-order valence-electron chi connectivity index (χ2n) is 4.13. The first-order valence-corrected chi connectivity index (χ1v) is 6.09. The van der Waals surface area contributed by atoms with Crippen LogP contribution in [0.5, 0.6) is 5.75 Å². The molecule has 0 unspecified atom stereocenters. The number of rotatable bonds is 3. The molecule has 0 aromatic heterocycles. The van der Waals surface area contributed by atoms with Crippen molar-refractivity contribution in [1.82, 2.24) is 0 Å². The molecular formula is C15H16N2O2. The molecule has 19 heavy (non-hydrogen) atoms. The van der Waals surface area contributed by atoms with Crippen LogP contribution in [0.1, 0.15) is 17.3 Å². The molecule has 0 fully saturated rings. The number of para-hydroxylation sites is 3.